The fourth-order valence-corrected chi connectivity index (χ4v) is 5.56. The summed E-state index contributed by atoms with van der Waals surface area (Å²) in [6.45, 7) is 9.85. The standard InChI is InChI=1S/C34H40F3N3O/c1-4-39(5-2)20-12-13-25(3)38-33(41)22-30(27-16-11-17-28(21-27)34(35,36)37)31-24-40(23-26-14-7-6-8-15-26)32-19-10-9-18-29(31)32/h6-11,14-19,21,24-25,30H,4-5,12-13,20,22-23H2,1-3H3,(H,38,41)/t25-,30+/m0/s1. The van der Waals surface area contributed by atoms with Crippen LogP contribution in [0.3, 0.4) is 0 Å². The van der Waals surface area contributed by atoms with Crippen molar-refractivity contribution in [2.45, 2.75) is 64.7 Å². The van der Waals surface area contributed by atoms with Gasteiger partial charge in [-0.25, -0.2) is 0 Å². The second kappa shape index (κ2) is 13.9. The van der Waals surface area contributed by atoms with Crippen LogP contribution in [-0.2, 0) is 17.5 Å². The van der Waals surface area contributed by atoms with Crippen molar-refractivity contribution in [2.24, 2.45) is 0 Å². The molecule has 2 atom stereocenters. The van der Waals surface area contributed by atoms with Crippen molar-refractivity contribution in [1.82, 2.24) is 14.8 Å². The van der Waals surface area contributed by atoms with Gasteiger partial charge in [0.1, 0.15) is 0 Å². The van der Waals surface area contributed by atoms with Crippen LogP contribution in [0.1, 0.15) is 68.2 Å². The van der Waals surface area contributed by atoms with Crippen molar-refractivity contribution in [1.29, 1.82) is 0 Å². The Labute approximate surface area is 241 Å². The molecular formula is C34H40F3N3O. The molecule has 0 bridgehead atoms. The molecule has 41 heavy (non-hydrogen) atoms. The predicted molar refractivity (Wildman–Crippen MR) is 160 cm³/mol. The van der Waals surface area contributed by atoms with Crippen molar-refractivity contribution >= 4 is 16.8 Å². The molecule has 4 rings (SSSR count). The highest BCUT2D eigenvalue weighted by molar-refractivity contribution is 5.87. The molecule has 1 N–H and O–H groups in total. The number of carbonyl (C=O) groups is 1. The summed E-state index contributed by atoms with van der Waals surface area (Å²) in [4.78, 5) is 15.7. The molecule has 0 aliphatic carbocycles. The molecule has 0 saturated heterocycles. The Morgan fingerprint density at radius 1 is 0.951 bits per heavy atom. The smallest absolute Gasteiger partial charge is 0.354 e. The molecule has 4 aromatic rings. The molecule has 1 aromatic heterocycles. The highest BCUT2D eigenvalue weighted by Crippen LogP contribution is 2.38. The largest absolute Gasteiger partial charge is 0.416 e. The summed E-state index contributed by atoms with van der Waals surface area (Å²) >= 11 is 0. The van der Waals surface area contributed by atoms with E-state index in [1.54, 1.807) is 6.07 Å². The fraction of sp³-hybridized carbons (Fsp3) is 0.382. The van der Waals surface area contributed by atoms with Crippen LogP contribution in [0.4, 0.5) is 13.2 Å². The van der Waals surface area contributed by atoms with Gasteiger partial charge in [0.25, 0.3) is 0 Å². The maximum absolute atomic E-state index is 13.7. The molecule has 0 aliphatic rings. The van der Waals surface area contributed by atoms with Crippen LogP contribution < -0.4 is 5.32 Å². The van der Waals surface area contributed by atoms with Gasteiger partial charge in [0.2, 0.25) is 5.91 Å². The zero-order chi connectivity index (χ0) is 29.4. The van der Waals surface area contributed by atoms with E-state index >= 15 is 0 Å². The third-order valence-corrected chi connectivity index (χ3v) is 7.81. The van der Waals surface area contributed by atoms with Gasteiger partial charge in [0.15, 0.2) is 0 Å². The van der Waals surface area contributed by atoms with Gasteiger partial charge < -0.3 is 14.8 Å². The predicted octanol–water partition coefficient (Wildman–Crippen LogP) is 7.86. The molecule has 0 unspecified atom stereocenters. The van der Waals surface area contributed by atoms with Crippen LogP contribution in [0.5, 0.6) is 0 Å². The first-order valence-corrected chi connectivity index (χ1v) is 14.5. The Balaban J connectivity index is 1.64. The summed E-state index contributed by atoms with van der Waals surface area (Å²) in [5, 5.41) is 4.05. The van der Waals surface area contributed by atoms with Crippen molar-refractivity contribution in [3.05, 3.63) is 107 Å². The van der Waals surface area contributed by atoms with Gasteiger partial charge in [-0.15, -0.1) is 0 Å². The van der Waals surface area contributed by atoms with Crippen molar-refractivity contribution in [3.8, 4) is 0 Å². The molecule has 218 valence electrons. The lowest BCUT2D eigenvalue weighted by atomic mass is 9.87. The number of alkyl halides is 3. The molecule has 7 heteroatoms. The summed E-state index contributed by atoms with van der Waals surface area (Å²) in [5.41, 5.74) is 2.71. The van der Waals surface area contributed by atoms with E-state index in [1.165, 1.54) is 12.1 Å². The molecule has 0 fully saturated rings. The third kappa shape index (κ3) is 8.00. The van der Waals surface area contributed by atoms with Gasteiger partial charge in [-0.2, -0.15) is 13.2 Å². The number of para-hydroxylation sites is 1. The zero-order valence-electron chi connectivity index (χ0n) is 24.1. The van der Waals surface area contributed by atoms with E-state index in [0.717, 1.165) is 60.6 Å². The fourth-order valence-electron chi connectivity index (χ4n) is 5.56. The average molecular weight is 564 g/mol. The molecular weight excluding hydrogens is 523 g/mol. The number of hydrogen-bond donors (Lipinski definition) is 1. The van der Waals surface area contributed by atoms with Crippen LogP contribution in [-0.4, -0.2) is 41.1 Å². The Hall–Kier alpha value is -3.58. The van der Waals surface area contributed by atoms with Gasteiger partial charge in [0, 0.05) is 42.0 Å². The first-order valence-electron chi connectivity index (χ1n) is 14.5. The SMILES string of the molecule is CCN(CC)CCC[C@H](C)NC(=O)C[C@H](c1cccc(C(F)(F)F)c1)c1cn(Cc2ccccc2)c2ccccc12. The number of amides is 1. The van der Waals surface area contributed by atoms with Crippen LogP contribution >= 0.6 is 0 Å². The van der Waals surface area contributed by atoms with E-state index in [-0.39, 0.29) is 18.4 Å². The lowest BCUT2D eigenvalue weighted by Gasteiger charge is -2.22. The lowest BCUT2D eigenvalue weighted by Crippen LogP contribution is -2.34. The molecule has 0 saturated carbocycles. The molecule has 1 heterocycles. The number of hydrogen-bond acceptors (Lipinski definition) is 2. The monoisotopic (exact) mass is 563 g/mol. The van der Waals surface area contributed by atoms with Crippen LogP contribution in [0.15, 0.2) is 85.1 Å². The second-order valence-corrected chi connectivity index (χ2v) is 10.7. The Kier molecular flexibility index (Phi) is 10.3. The maximum atomic E-state index is 13.7. The summed E-state index contributed by atoms with van der Waals surface area (Å²) in [6, 6.07) is 23.3. The van der Waals surface area contributed by atoms with Gasteiger partial charge in [-0.3, -0.25) is 4.79 Å². The Morgan fingerprint density at radius 3 is 2.37 bits per heavy atom. The number of halogens is 3. The first kappa shape index (κ1) is 30.4. The van der Waals surface area contributed by atoms with Gasteiger partial charge in [-0.1, -0.05) is 80.6 Å². The van der Waals surface area contributed by atoms with Gasteiger partial charge in [0.05, 0.1) is 5.56 Å². The quantitative estimate of drug-likeness (QED) is 0.180. The van der Waals surface area contributed by atoms with E-state index in [0.29, 0.717) is 12.1 Å². The van der Waals surface area contributed by atoms with Crippen molar-refractivity contribution < 1.29 is 18.0 Å². The number of nitrogens with one attached hydrogen (secondary N) is 1. The van der Waals surface area contributed by atoms with Crippen molar-refractivity contribution in [2.75, 3.05) is 19.6 Å². The molecule has 1 amide bonds. The topological polar surface area (TPSA) is 37.3 Å². The molecule has 0 aliphatic heterocycles. The van der Waals surface area contributed by atoms with Gasteiger partial charge in [-0.05, 0) is 68.2 Å². The maximum Gasteiger partial charge on any atom is 0.416 e. The minimum Gasteiger partial charge on any atom is -0.354 e. The Bertz CT molecular complexity index is 1410. The van der Waals surface area contributed by atoms with Crippen LogP contribution in [0.2, 0.25) is 0 Å². The van der Waals surface area contributed by atoms with Crippen LogP contribution in [0.25, 0.3) is 10.9 Å². The second-order valence-electron chi connectivity index (χ2n) is 10.7. The van der Waals surface area contributed by atoms with E-state index in [1.807, 2.05) is 67.7 Å². The first-order chi connectivity index (χ1) is 19.7. The van der Waals surface area contributed by atoms with Gasteiger partial charge >= 0.3 is 6.18 Å². The third-order valence-electron chi connectivity index (χ3n) is 7.81. The summed E-state index contributed by atoms with van der Waals surface area (Å²) in [6.07, 6.45) is -0.603. The highest BCUT2D eigenvalue weighted by atomic mass is 19.4. The molecule has 4 nitrogen and oxygen atoms in total. The minimum absolute atomic E-state index is 0.0281. The molecule has 3 aromatic carbocycles. The van der Waals surface area contributed by atoms with E-state index < -0.39 is 17.7 Å². The van der Waals surface area contributed by atoms with Crippen LogP contribution in [0, 0.1) is 0 Å². The summed E-state index contributed by atoms with van der Waals surface area (Å²) in [7, 11) is 0. The molecule has 0 spiro atoms. The number of aromatic nitrogens is 1. The number of carbonyl (C=O) groups excluding carboxylic acids is 1. The van der Waals surface area contributed by atoms with E-state index in [4.69, 9.17) is 0 Å². The highest BCUT2D eigenvalue weighted by Gasteiger charge is 2.32. The minimum atomic E-state index is -4.47. The lowest BCUT2D eigenvalue weighted by molar-refractivity contribution is -0.137. The van der Waals surface area contributed by atoms with E-state index in [2.05, 4.69) is 28.6 Å². The zero-order valence-corrected chi connectivity index (χ0v) is 24.1. The number of rotatable bonds is 13. The normalized spacial score (nSPS) is 13.4. The number of benzene rings is 3. The Morgan fingerprint density at radius 2 is 1.66 bits per heavy atom. The number of fused-ring (bicyclic) bond motifs is 1. The number of nitrogens with zero attached hydrogens (tertiary/aromatic N) is 2. The average Bonchev–Trinajstić information content (AvgIpc) is 3.32. The molecule has 0 radical (unpaired) electrons. The summed E-state index contributed by atoms with van der Waals surface area (Å²) < 4.78 is 43.2. The van der Waals surface area contributed by atoms with Crippen molar-refractivity contribution in [3.63, 3.8) is 0 Å². The van der Waals surface area contributed by atoms with E-state index in [9.17, 15) is 18.0 Å². The summed E-state index contributed by atoms with van der Waals surface area (Å²) in [5.74, 6) is -0.704.